The van der Waals surface area contributed by atoms with Crippen molar-refractivity contribution in [1.29, 1.82) is 0 Å². The van der Waals surface area contributed by atoms with Crippen molar-refractivity contribution in [3.8, 4) is 5.75 Å². The minimum atomic E-state index is 0.0518. The fraction of sp³-hybridized carbons (Fsp3) is 0.545. The lowest BCUT2D eigenvalue weighted by molar-refractivity contribution is 0.270. The lowest BCUT2D eigenvalue weighted by Gasteiger charge is -2.34. The molecule has 2 rings (SSSR count). The molecule has 1 aliphatic heterocycles. The van der Waals surface area contributed by atoms with Gasteiger partial charge in [-0.1, -0.05) is 6.92 Å². The molecule has 1 N–H and O–H groups in total. The summed E-state index contributed by atoms with van der Waals surface area (Å²) >= 11 is 0. The minimum Gasteiger partial charge on any atom is -0.507 e. The first-order chi connectivity index (χ1) is 7.70. The molecule has 0 amide bonds. The van der Waals surface area contributed by atoms with Gasteiger partial charge in [0.2, 0.25) is 0 Å². The third kappa shape index (κ3) is 2.30. The van der Waals surface area contributed by atoms with Gasteiger partial charge in [-0.05, 0) is 18.7 Å². The van der Waals surface area contributed by atoms with Crippen LogP contribution in [0.1, 0.15) is 6.92 Å². The summed E-state index contributed by atoms with van der Waals surface area (Å²) in [4.78, 5) is 8.78. The monoisotopic (exact) mass is 217 g/mol. The van der Waals surface area contributed by atoms with Gasteiger partial charge < -0.3 is 14.9 Å². The normalized spacial score (nSPS) is 17.7. The lowest BCUT2D eigenvalue weighted by Crippen LogP contribution is -2.46. The highest BCUT2D eigenvalue weighted by molar-refractivity contribution is 6.32. The van der Waals surface area contributed by atoms with Gasteiger partial charge >= 0.3 is 0 Å². The molecule has 0 atom stereocenters. The molecule has 84 valence electrons. The standard InChI is InChI=1S/C11H16BN3O/c1-2-14-5-7-15(8-6-14)10-4-3-9(16)11(12)13-10/h3-4,16H,2,5-8H2,1H3. The Morgan fingerprint density at radius 2 is 2.00 bits per heavy atom. The Hall–Kier alpha value is -1.23. The van der Waals surface area contributed by atoms with Crippen molar-refractivity contribution in [3.05, 3.63) is 12.1 Å². The SMILES string of the molecule is [B]c1nc(N2CCN(CC)CC2)ccc1O. The van der Waals surface area contributed by atoms with Crippen molar-refractivity contribution >= 4 is 19.3 Å². The van der Waals surface area contributed by atoms with Gasteiger partial charge in [-0.15, -0.1) is 0 Å². The Bertz CT molecular complexity index is 364. The molecule has 2 radical (unpaired) electrons. The Morgan fingerprint density at radius 1 is 1.31 bits per heavy atom. The molecule has 5 heteroatoms. The zero-order chi connectivity index (χ0) is 11.5. The van der Waals surface area contributed by atoms with Gasteiger partial charge in [0.05, 0.1) is 0 Å². The highest BCUT2D eigenvalue weighted by Crippen LogP contribution is 2.14. The predicted octanol–water partition coefficient (Wildman–Crippen LogP) is -0.277. The molecule has 0 aromatic carbocycles. The van der Waals surface area contributed by atoms with Crippen LogP contribution < -0.4 is 10.5 Å². The van der Waals surface area contributed by atoms with E-state index >= 15 is 0 Å². The number of piperazine rings is 1. The van der Waals surface area contributed by atoms with E-state index < -0.39 is 0 Å². The first-order valence-electron chi connectivity index (χ1n) is 5.63. The van der Waals surface area contributed by atoms with Crippen LogP contribution in [0, 0.1) is 0 Å². The number of hydrogen-bond acceptors (Lipinski definition) is 4. The highest BCUT2D eigenvalue weighted by Gasteiger charge is 2.16. The maximum atomic E-state index is 9.31. The van der Waals surface area contributed by atoms with Crippen molar-refractivity contribution in [1.82, 2.24) is 9.88 Å². The number of aromatic hydroxyl groups is 1. The van der Waals surface area contributed by atoms with Gasteiger partial charge in [0.15, 0.2) is 0 Å². The van der Waals surface area contributed by atoms with Gasteiger partial charge in [0, 0.05) is 31.8 Å². The Labute approximate surface area is 97.3 Å². The molecule has 0 bridgehead atoms. The van der Waals surface area contributed by atoms with Gasteiger partial charge in [-0.2, -0.15) is 0 Å². The second-order valence-corrected chi connectivity index (χ2v) is 4.00. The van der Waals surface area contributed by atoms with Crippen molar-refractivity contribution in [2.45, 2.75) is 6.92 Å². The average Bonchev–Trinajstić information content (AvgIpc) is 2.33. The summed E-state index contributed by atoms with van der Waals surface area (Å²) < 4.78 is 0. The number of anilines is 1. The van der Waals surface area contributed by atoms with E-state index in [1.54, 1.807) is 6.07 Å². The fourth-order valence-corrected chi connectivity index (χ4v) is 1.93. The van der Waals surface area contributed by atoms with Crippen LogP contribution in [-0.4, -0.2) is 55.6 Å². The van der Waals surface area contributed by atoms with E-state index in [1.807, 2.05) is 6.07 Å². The Kier molecular flexibility index (Phi) is 3.34. The van der Waals surface area contributed by atoms with Crippen LogP contribution in [0.2, 0.25) is 0 Å². The lowest BCUT2D eigenvalue weighted by atomic mass is 10.0. The summed E-state index contributed by atoms with van der Waals surface area (Å²) in [5, 5.41) is 9.31. The van der Waals surface area contributed by atoms with Crippen LogP contribution in [0.4, 0.5) is 5.82 Å². The van der Waals surface area contributed by atoms with E-state index in [2.05, 4.69) is 21.7 Å². The molecular formula is C11H16BN3O. The van der Waals surface area contributed by atoms with E-state index in [0.29, 0.717) is 0 Å². The topological polar surface area (TPSA) is 39.6 Å². The summed E-state index contributed by atoms with van der Waals surface area (Å²) in [5.74, 6) is 0.905. The van der Waals surface area contributed by atoms with Gasteiger partial charge in [0.1, 0.15) is 19.4 Å². The van der Waals surface area contributed by atoms with Crippen LogP contribution in [0.3, 0.4) is 0 Å². The van der Waals surface area contributed by atoms with E-state index in [0.717, 1.165) is 38.5 Å². The van der Waals surface area contributed by atoms with Crippen LogP contribution in [-0.2, 0) is 0 Å². The van der Waals surface area contributed by atoms with E-state index in [1.165, 1.54) is 0 Å². The molecule has 1 fully saturated rings. The molecule has 1 saturated heterocycles. The first-order valence-corrected chi connectivity index (χ1v) is 5.63. The number of hydrogen-bond donors (Lipinski definition) is 1. The van der Waals surface area contributed by atoms with E-state index in [-0.39, 0.29) is 11.3 Å². The van der Waals surface area contributed by atoms with Crippen molar-refractivity contribution in [3.63, 3.8) is 0 Å². The average molecular weight is 217 g/mol. The minimum absolute atomic E-state index is 0.0518. The molecule has 0 unspecified atom stereocenters. The molecule has 0 spiro atoms. The molecule has 1 aromatic heterocycles. The van der Waals surface area contributed by atoms with Crippen LogP contribution in [0.5, 0.6) is 5.75 Å². The van der Waals surface area contributed by atoms with Crippen LogP contribution in [0.15, 0.2) is 12.1 Å². The number of likely N-dealkylation sites (N-methyl/N-ethyl adjacent to an activating group) is 1. The molecule has 4 nitrogen and oxygen atoms in total. The van der Waals surface area contributed by atoms with Crippen molar-refractivity contribution in [2.75, 3.05) is 37.6 Å². The maximum Gasteiger partial charge on any atom is 0.147 e. The third-order valence-corrected chi connectivity index (χ3v) is 3.03. The molecule has 1 aliphatic rings. The predicted molar refractivity (Wildman–Crippen MR) is 65.6 cm³/mol. The number of nitrogens with zero attached hydrogens (tertiary/aromatic N) is 3. The maximum absolute atomic E-state index is 9.31. The van der Waals surface area contributed by atoms with Crippen LogP contribution >= 0.6 is 0 Å². The summed E-state index contributed by atoms with van der Waals surface area (Å²) in [6.07, 6.45) is 0. The second kappa shape index (κ2) is 4.74. The van der Waals surface area contributed by atoms with Gasteiger partial charge in [-0.25, -0.2) is 4.98 Å². The molecule has 0 aliphatic carbocycles. The zero-order valence-corrected chi connectivity index (χ0v) is 9.56. The van der Waals surface area contributed by atoms with E-state index in [4.69, 9.17) is 7.85 Å². The first kappa shape index (κ1) is 11.3. The van der Waals surface area contributed by atoms with Crippen LogP contribution in [0.25, 0.3) is 0 Å². The molecule has 0 saturated carbocycles. The number of aromatic nitrogens is 1. The number of rotatable bonds is 2. The summed E-state index contributed by atoms with van der Waals surface area (Å²) in [6.45, 7) is 7.31. The number of pyridine rings is 1. The van der Waals surface area contributed by atoms with Crippen molar-refractivity contribution in [2.24, 2.45) is 0 Å². The molecular weight excluding hydrogens is 201 g/mol. The smallest absolute Gasteiger partial charge is 0.147 e. The fourth-order valence-electron chi connectivity index (χ4n) is 1.93. The Balaban J connectivity index is 2.05. The second-order valence-electron chi connectivity index (χ2n) is 4.00. The zero-order valence-electron chi connectivity index (χ0n) is 9.56. The highest BCUT2D eigenvalue weighted by atomic mass is 16.3. The summed E-state index contributed by atoms with van der Waals surface area (Å²) in [7, 11) is 5.58. The van der Waals surface area contributed by atoms with Gasteiger partial charge in [-0.3, -0.25) is 0 Å². The van der Waals surface area contributed by atoms with Crippen molar-refractivity contribution < 1.29 is 5.11 Å². The largest absolute Gasteiger partial charge is 0.507 e. The Morgan fingerprint density at radius 3 is 2.56 bits per heavy atom. The van der Waals surface area contributed by atoms with Gasteiger partial charge in [0.25, 0.3) is 0 Å². The van der Waals surface area contributed by atoms with E-state index in [9.17, 15) is 5.11 Å². The molecule has 16 heavy (non-hydrogen) atoms. The third-order valence-electron chi connectivity index (χ3n) is 3.03. The quantitative estimate of drug-likeness (QED) is 0.692. The molecule has 1 aromatic rings. The summed E-state index contributed by atoms with van der Waals surface area (Å²) in [5.41, 5.74) is 0.204. The molecule has 2 heterocycles. The summed E-state index contributed by atoms with van der Waals surface area (Å²) in [6, 6.07) is 3.41.